The van der Waals surface area contributed by atoms with Crippen LogP contribution < -0.4 is 0 Å². The zero-order chi connectivity index (χ0) is 13.5. The van der Waals surface area contributed by atoms with Crippen LogP contribution in [0.5, 0.6) is 0 Å². The monoisotopic (exact) mass is 254 g/mol. The Morgan fingerprint density at radius 1 is 0.944 bits per heavy atom. The molecule has 0 amide bonds. The third-order valence-corrected chi connectivity index (χ3v) is 3.06. The smallest absolute Gasteiger partial charge is 0.306 e. The summed E-state index contributed by atoms with van der Waals surface area (Å²) < 4.78 is 5.03. The van der Waals surface area contributed by atoms with E-state index in [1.54, 1.807) is 0 Å². The Bertz CT molecular complexity index is 209. The van der Waals surface area contributed by atoms with Crippen LogP contribution in [-0.2, 0) is 9.53 Å². The van der Waals surface area contributed by atoms with Crippen LogP contribution in [0.2, 0.25) is 0 Å². The molecule has 0 spiro atoms. The van der Waals surface area contributed by atoms with Crippen molar-refractivity contribution in [2.24, 2.45) is 0 Å². The molecule has 0 aliphatic rings. The fraction of sp³-hybridized carbons (Fsp3) is 0.812. The number of ether oxygens (including phenoxy) is 1. The SMILES string of the molecule is CC=CCOC(=O)CCCCCCCCCCC. The summed E-state index contributed by atoms with van der Waals surface area (Å²) >= 11 is 0. The van der Waals surface area contributed by atoms with E-state index in [0.29, 0.717) is 13.0 Å². The van der Waals surface area contributed by atoms with E-state index in [9.17, 15) is 4.79 Å². The van der Waals surface area contributed by atoms with Crippen molar-refractivity contribution in [3.8, 4) is 0 Å². The van der Waals surface area contributed by atoms with Gasteiger partial charge in [-0.1, -0.05) is 70.4 Å². The number of allylic oxidation sites excluding steroid dienone is 1. The first-order valence-corrected chi connectivity index (χ1v) is 7.58. The van der Waals surface area contributed by atoms with E-state index in [0.717, 1.165) is 12.8 Å². The normalized spacial score (nSPS) is 11.0. The summed E-state index contributed by atoms with van der Waals surface area (Å²) in [7, 11) is 0. The van der Waals surface area contributed by atoms with Crippen LogP contribution in [0.1, 0.15) is 78.1 Å². The molecule has 0 radical (unpaired) electrons. The van der Waals surface area contributed by atoms with Crippen molar-refractivity contribution in [3.63, 3.8) is 0 Å². The lowest BCUT2D eigenvalue weighted by molar-refractivity contribution is -0.142. The molecule has 2 heteroatoms. The van der Waals surface area contributed by atoms with Crippen molar-refractivity contribution < 1.29 is 9.53 Å². The Balaban J connectivity index is 3.12. The van der Waals surface area contributed by atoms with E-state index in [2.05, 4.69) is 6.92 Å². The number of carbonyl (C=O) groups excluding carboxylic acids is 1. The van der Waals surface area contributed by atoms with Gasteiger partial charge >= 0.3 is 5.97 Å². The Kier molecular flexibility index (Phi) is 13.6. The molecule has 0 atom stereocenters. The number of carbonyl (C=O) groups is 1. The number of rotatable bonds is 12. The molecule has 2 nitrogen and oxygen atoms in total. The lowest BCUT2D eigenvalue weighted by Crippen LogP contribution is -2.03. The summed E-state index contributed by atoms with van der Waals surface area (Å²) in [5.74, 6) is -0.0592. The van der Waals surface area contributed by atoms with Gasteiger partial charge in [0.15, 0.2) is 0 Å². The molecule has 0 aliphatic heterocycles. The third kappa shape index (κ3) is 13.3. The van der Waals surface area contributed by atoms with Gasteiger partial charge in [0.2, 0.25) is 0 Å². The summed E-state index contributed by atoms with van der Waals surface area (Å²) in [4.78, 5) is 11.3. The number of esters is 1. The molecule has 0 aromatic carbocycles. The molecule has 0 heterocycles. The van der Waals surface area contributed by atoms with E-state index >= 15 is 0 Å². The maximum absolute atomic E-state index is 11.3. The molecule has 0 N–H and O–H groups in total. The highest BCUT2D eigenvalue weighted by Crippen LogP contribution is 2.10. The van der Waals surface area contributed by atoms with Crippen molar-refractivity contribution in [2.75, 3.05) is 6.61 Å². The van der Waals surface area contributed by atoms with Crippen LogP contribution in [0.3, 0.4) is 0 Å². The minimum Gasteiger partial charge on any atom is -0.461 e. The van der Waals surface area contributed by atoms with Gasteiger partial charge in [0, 0.05) is 6.42 Å². The second kappa shape index (κ2) is 14.3. The number of unbranched alkanes of at least 4 members (excludes halogenated alkanes) is 8. The van der Waals surface area contributed by atoms with Crippen LogP contribution >= 0.6 is 0 Å². The predicted molar refractivity (Wildman–Crippen MR) is 77.6 cm³/mol. The highest BCUT2D eigenvalue weighted by atomic mass is 16.5. The Morgan fingerprint density at radius 2 is 1.50 bits per heavy atom. The van der Waals surface area contributed by atoms with Crippen molar-refractivity contribution in [1.29, 1.82) is 0 Å². The van der Waals surface area contributed by atoms with E-state index in [-0.39, 0.29) is 5.97 Å². The minimum atomic E-state index is -0.0592. The summed E-state index contributed by atoms with van der Waals surface area (Å²) in [6.07, 6.45) is 15.8. The zero-order valence-corrected chi connectivity index (χ0v) is 12.2. The molecular formula is C16H30O2. The van der Waals surface area contributed by atoms with E-state index < -0.39 is 0 Å². The molecule has 0 aromatic heterocycles. The summed E-state index contributed by atoms with van der Waals surface area (Å²) in [6.45, 7) is 4.59. The molecule has 0 fully saturated rings. The van der Waals surface area contributed by atoms with Gasteiger partial charge in [0.25, 0.3) is 0 Å². The van der Waals surface area contributed by atoms with Crippen LogP contribution in [0.4, 0.5) is 0 Å². The van der Waals surface area contributed by atoms with Gasteiger partial charge in [0.05, 0.1) is 0 Å². The first kappa shape index (κ1) is 17.2. The van der Waals surface area contributed by atoms with Crippen LogP contribution in [0.15, 0.2) is 12.2 Å². The first-order chi connectivity index (χ1) is 8.81. The largest absolute Gasteiger partial charge is 0.461 e. The second-order valence-corrected chi connectivity index (χ2v) is 4.83. The zero-order valence-electron chi connectivity index (χ0n) is 12.2. The summed E-state index contributed by atoms with van der Waals surface area (Å²) in [5, 5.41) is 0. The van der Waals surface area contributed by atoms with E-state index in [1.807, 2.05) is 19.1 Å². The lowest BCUT2D eigenvalue weighted by atomic mass is 10.1. The molecule has 0 rings (SSSR count). The van der Waals surface area contributed by atoms with Crippen LogP contribution in [-0.4, -0.2) is 12.6 Å². The average Bonchev–Trinajstić information content (AvgIpc) is 2.37. The number of hydrogen-bond donors (Lipinski definition) is 0. The summed E-state index contributed by atoms with van der Waals surface area (Å²) in [6, 6.07) is 0. The van der Waals surface area contributed by atoms with Crippen molar-refractivity contribution in [2.45, 2.75) is 78.1 Å². The van der Waals surface area contributed by atoms with Gasteiger partial charge in [-0.3, -0.25) is 4.79 Å². The van der Waals surface area contributed by atoms with E-state index in [1.165, 1.54) is 44.9 Å². The first-order valence-electron chi connectivity index (χ1n) is 7.58. The fourth-order valence-corrected chi connectivity index (χ4v) is 1.89. The van der Waals surface area contributed by atoms with E-state index in [4.69, 9.17) is 4.74 Å². The molecule has 0 unspecified atom stereocenters. The highest BCUT2D eigenvalue weighted by Gasteiger charge is 2.00. The molecule has 0 aromatic rings. The second-order valence-electron chi connectivity index (χ2n) is 4.83. The van der Waals surface area contributed by atoms with Gasteiger partial charge in [-0.15, -0.1) is 0 Å². The van der Waals surface area contributed by atoms with Crippen LogP contribution in [0.25, 0.3) is 0 Å². The molecular weight excluding hydrogens is 224 g/mol. The quantitative estimate of drug-likeness (QED) is 0.277. The van der Waals surface area contributed by atoms with Crippen molar-refractivity contribution in [1.82, 2.24) is 0 Å². The molecule has 0 bridgehead atoms. The third-order valence-electron chi connectivity index (χ3n) is 3.06. The van der Waals surface area contributed by atoms with Crippen LogP contribution in [0, 0.1) is 0 Å². The minimum absolute atomic E-state index is 0.0592. The molecule has 18 heavy (non-hydrogen) atoms. The Labute approximate surface area is 113 Å². The lowest BCUT2D eigenvalue weighted by Gasteiger charge is -2.03. The van der Waals surface area contributed by atoms with Gasteiger partial charge in [-0.2, -0.15) is 0 Å². The average molecular weight is 254 g/mol. The van der Waals surface area contributed by atoms with Gasteiger partial charge < -0.3 is 4.74 Å². The number of hydrogen-bond acceptors (Lipinski definition) is 2. The fourth-order valence-electron chi connectivity index (χ4n) is 1.89. The highest BCUT2D eigenvalue weighted by molar-refractivity contribution is 5.69. The standard InChI is InChI=1S/C16H30O2/c1-3-5-7-8-9-10-11-12-13-14-16(17)18-15-6-4-2/h4,6H,3,5,7-15H2,1-2H3. The predicted octanol–water partition coefficient (Wildman–Crippen LogP) is 5.03. The maximum atomic E-state index is 11.3. The molecule has 0 saturated heterocycles. The maximum Gasteiger partial charge on any atom is 0.306 e. The Morgan fingerprint density at radius 3 is 2.06 bits per heavy atom. The Hall–Kier alpha value is -0.790. The van der Waals surface area contributed by atoms with Crippen molar-refractivity contribution >= 4 is 5.97 Å². The molecule has 106 valence electrons. The van der Waals surface area contributed by atoms with Gasteiger partial charge in [-0.25, -0.2) is 0 Å². The van der Waals surface area contributed by atoms with Crippen molar-refractivity contribution in [3.05, 3.63) is 12.2 Å². The van der Waals surface area contributed by atoms with Gasteiger partial charge in [0.1, 0.15) is 6.61 Å². The molecule has 0 aliphatic carbocycles. The summed E-state index contributed by atoms with van der Waals surface area (Å²) in [5.41, 5.74) is 0. The molecule has 0 saturated carbocycles. The van der Waals surface area contributed by atoms with Gasteiger partial charge in [-0.05, 0) is 13.3 Å². The topological polar surface area (TPSA) is 26.3 Å².